The van der Waals surface area contributed by atoms with Crippen LogP contribution in [0.15, 0.2) is 12.1 Å². The first-order valence-electron chi connectivity index (χ1n) is 11.0. The summed E-state index contributed by atoms with van der Waals surface area (Å²) in [6.07, 6.45) is 5.58. The van der Waals surface area contributed by atoms with Crippen molar-refractivity contribution >= 4 is 17.7 Å². The van der Waals surface area contributed by atoms with Crippen molar-refractivity contribution in [1.29, 1.82) is 0 Å². The second kappa shape index (κ2) is 13.2. The molecule has 0 spiro atoms. The first kappa shape index (κ1) is 24.1. The summed E-state index contributed by atoms with van der Waals surface area (Å²) < 4.78 is 5.47. The fourth-order valence-corrected chi connectivity index (χ4v) is 3.64. The maximum atomic E-state index is 11.4. The van der Waals surface area contributed by atoms with Crippen LogP contribution in [0, 0.1) is 0 Å². The Morgan fingerprint density at radius 2 is 2.13 bits per heavy atom. The molecular weight excluding hydrogens is 384 g/mol. The normalized spacial score (nSPS) is 14.1. The third-order valence-electron chi connectivity index (χ3n) is 5.27. The Bertz CT molecular complexity index is 683. The Labute approximate surface area is 179 Å². The van der Waals surface area contributed by atoms with Gasteiger partial charge in [0, 0.05) is 38.9 Å². The van der Waals surface area contributed by atoms with E-state index in [1.54, 1.807) is 0 Å². The van der Waals surface area contributed by atoms with Crippen LogP contribution in [0.5, 0.6) is 0 Å². The van der Waals surface area contributed by atoms with Crippen molar-refractivity contribution < 1.29 is 19.4 Å². The van der Waals surface area contributed by atoms with Crippen molar-refractivity contribution in [1.82, 2.24) is 15.2 Å². The number of carbonyl (C=O) groups excluding carboxylic acids is 1. The van der Waals surface area contributed by atoms with E-state index in [2.05, 4.69) is 27.7 Å². The smallest absolute Gasteiger partial charge is 0.326 e. The molecule has 1 aromatic rings. The lowest BCUT2D eigenvalue weighted by atomic mass is 10.1. The Kier molecular flexibility index (Phi) is 10.6. The number of carbonyl (C=O) groups is 2. The highest BCUT2D eigenvalue weighted by Gasteiger charge is 2.19. The number of ether oxygens (including phenoxy) is 1. The van der Waals surface area contributed by atoms with Gasteiger partial charge in [-0.2, -0.15) is 0 Å². The predicted octanol–water partition coefficient (Wildman–Crippen LogP) is 2.08. The molecule has 0 radical (unpaired) electrons. The van der Waals surface area contributed by atoms with Gasteiger partial charge >= 0.3 is 5.97 Å². The monoisotopic (exact) mass is 420 g/mol. The second-order valence-corrected chi connectivity index (χ2v) is 7.72. The summed E-state index contributed by atoms with van der Waals surface area (Å²) in [5.74, 6) is -0.285. The third-order valence-corrected chi connectivity index (χ3v) is 5.27. The van der Waals surface area contributed by atoms with Crippen molar-refractivity contribution in [3.63, 3.8) is 0 Å². The number of aryl methyl sites for hydroxylation is 2. The standard InChI is InChI=1S/C22H36N4O4/c1-3-30-16-15-26(14-11-20(22(28)29)24-17(2)27)13-5-4-8-19-10-9-18-7-6-12-23-21(18)25-19/h9-10,20H,3-8,11-16H2,1-2H3,(H,23,25)(H,24,27)(H,28,29). The molecule has 8 heteroatoms. The van der Waals surface area contributed by atoms with E-state index in [-0.39, 0.29) is 5.91 Å². The quantitative estimate of drug-likeness (QED) is 0.396. The Hall–Kier alpha value is -2.19. The lowest BCUT2D eigenvalue weighted by Gasteiger charge is -2.24. The number of pyridine rings is 1. The minimum absolute atomic E-state index is 0.324. The van der Waals surface area contributed by atoms with Crippen LogP contribution in [0.3, 0.4) is 0 Å². The van der Waals surface area contributed by atoms with Gasteiger partial charge < -0.3 is 25.4 Å². The van der Waals surface area contributed by atoms with Crippen molar-refractivity contribution in [3.05, 3.63) is 23.4 Å². The molecule has 0 bridgehead atoms. The van der Waals surface area contributed by atoms with E-state index in [4.69, 9.17) is 9.72 Å². The number of aromatic nitrogens is 1. The second-order valence-electron chi connectivity index (χ2n) is 7.72. The Morgan fingerprint density at radius 3 is 2.87 bits per heavy atom. The fraction of sp³-hybridized carbons (Fsp3) is 0.682. The molecule has 8 nitrogen and oxygen atoms in total. The summed E-state index contributed by atoms with van der Waals surface area (Å²) in [4.78, 5) is 29.6. The van der Waals surface area contributed by atoms with Gasteiger partial charge in [0.05, 0.1) is 6.61 Å². The van der Waals surface area contributed by atoms with Gasteiger partial charge in [-0.25, -0.2) is 9.78 Å². The van der Waals surface area contributed by atoms with Crippen LogP contribution < -0.4 is 10.6 Å². The predicted molar refractivity (Wildman–Crippen MR) is 117 cm³/mol. The fourth-order valence-electron chi connectivity index (χ4n) is 3.64. The van der Waals surface area contributed by atoms with Gasteiger partial charge in [0.2, 0.25) is 5.91 Å². The van der Waals surface area contributed by atoms with Gasteiger partial charge in [-0.15, -0.1) is 0 Å². The van der Waals surface area contributed by atoms with Gasteiger partial charge in [0.25, 0.3) is 0 Å². The molecule has 30 heavy (non-hydrogen) atoms. The summed E-state index contributed by atoms with van der Waals surface area (Å²) >= 11 is 0. The number of nitrogens with zero attached hydrogens (tertiary/aromatic N) is 2. The zero-order valence-corrected chi connectivity index (χ0v) is 18.3. The van der Waals surface area contributed by atoms with E-state index in [0.717, 1.165) is 63.3 Å². The molecule has 0 saturated heterocycles. The minimum atomic E-state index is -0.998. The van der Waals surface area contributed by atoms with Crippen molar-refractivity contribution in [2.75, 3.05) is 44.7 Å². The summed E-state index contributed by atoms with van der Waals surface area (Å²) in [5, 5.41) is 15.2. The molecule has 0 fully saturated rings. The molecule has 2 rings (SSSR count). The number of fused-ring (bicyclic) bond motifs is 1. The molecule has 1 aromatic heterocycles. The molecule has 0 aliphatic carbocycles. The number of hydrogen-bond donors (Lipinski definition) is 3. The highest BCUT2D eigenvalue weighted by Crippen LogP contribution is 2.20. The summed E-state index contributed by atoms with van der Waals surface area (Å²) in [5.41, 5.74) is 2.42. The van der Waals surface area contributed by atoms with Gasteiger partial charge in [0.15, 0.2) is 0 Å². The molecule has 1 unspecified atom stereocenters. The number of anilines is 1. The molecule has 0 aromatic carbocycles. The average molecular weight is 421 g/mol. The van der Waals surface area contributed by atoms with Crippen LogP contribution in [0.4, 0.5) is 5.82 Å². The van der Waals surface area contributed by atoms with Crippen LogP contribution in [0.25, 0.3) is 0 Å². The van der Waals surface area contributed by atoms with Gasteiger partial charge in [-0.05, 0) is 63.6 Å². The molecule has 1 amide bonds. The molecule has 3 N–H and O–H groups in total. The molecule has 168 valence electrons. The first-order chi connectivity index (χ1) is 14.5. The number of amides is 1. The number of hydrogen-bond acceptors (Lipinski definition) is 6. The molecule has 1 aliphatic rings. The van der Waals surface area contributed by atoms with Gasteiger partial charge in [0.1, 0.15) is 11.9 Å². The number of unbranched alkanes of at least 4 members (excludes halogenated alkanes) is 1. The lowest BCUT2D eigenvalue weighted by Crippen LogP contribution is -2.42. The van der Waals surface area contributed by atoms with E-state index in [0.29, 0.717) is 26.2 Å². The van der Waals surface area contributed by atoms with Crippen LogP contribution in [-0.2, 0) is 27.2 Å². The Balaban J connectivity index is 1.78. The summed E-state index contributed by atoms with van der Waals surface area (Å²) in [6, 6.07) is 3.46. The van der Waals surface area contributed by atoms with Gasteiger partial charge in [-0.3, -0.25) is 4.79 Å². The van der Waals surface area contributed by atoms with E-state index < -0.39 is 12.0 Å². The average Bonchev–Trinajstić information content (AvgIpc) is 2.73. The number of aliphatic carboxylic acids is 1. The number of carboxylic acids is 1. The van der Waals surface area contributed by atoms with Crippen LogP contribution >= 0.6 is 0 Å². The van der Waals surface area contributed by atoms with Crippen molar-refractivity contribution in [3.8, 4) is 0 Å². The lowest BCUT2D eigenvalue weighted by molar-refractivity contribution is -0.141. The summed E-state index contributed by atoms with van der Waals surface area (Å²) in [6.45, 7) is 7.79. The Morgan fingerprint density at radius 1 is 1.30 bits per heavy atom. The largest absolute Gasteiger partial charge is 0.480 e. The maximum Gasteiger partial charge on any atom is 0.326 e. The molecule has 1 atom stereocenters. The number of carboxylic acid groups (broad SMARTS) is 1. The van der Waals surface area contributed by atoms with Crippen LogP contribution in [-0.4, -0.2) is 72.3 Å². The topological polar surface area (TPSA) is 104 Å². The maximum absolute atomic E-state index is 11.4. The zero-order chi connectivity index (χ0) is 21.8. The number of nitrogens with one attached hydrogen (secondary N) is 2. The van der Waals surface area contributed by atoms with Gasteiger partial charge in [-0.1, -0.05) is 6.07 Å². The molecular formula is C22H36N4O4. The molecule has 1 aliphatic heterocycles. The summed E-state index contributed by atoms with van der Waals surface area (Å²) in [7, 11) is 0. The van der Waals surface area contributed by atoms with E-state index in [9.17, 15) is 14.7 Å². The van der Waals surface area contributed by atoms with Crippen molar-refractivity contribution in [2.24, 2.45) is 0 Å². The zero-order valence-electron chi connectivity index (χ0n) is 18.3. The van der Waals surface area contributed by atoms with Crippen molar-refractivity contribution in [2.45, 2.75) is 58.4 Å². The van der Waals surface area contributed by atoms with E-state index >= 15 is 0 Å². The van der Waals surface area contributed by atoms with E-state index in [1.165, 1.54) is 12.5 Å². The van der Waals surface area contributed by atoms with Crippen LogP contribution in [0.2, 0.25) is 0 Å². The number of rotatable bonds is 14. The van der Waals surface area contributed by atoms with Crippen LogP contribution in [0.1, 0.15) is 50.8 Å². The molecule has 0 saturated carbocycles. The van der Waals surface area contributed by atoms with E-state index in [1.807, 2.05) is 6.92 Å². The third kappa shape index (κ3) is 8.67. The molecule has 2 heterocycles. The highest BCUT2D eigenvalue weighted by molar-refractivity contribution is 5.82. The minimum Gasteiger partial charge on any atom is -0.480 e. The highest BCUT2D eigenvalue weighted by atomic mass is 16.5. The first-order valence-corrected chi connectivity index (χ1v) is 11.0. The SMILES string of the molecule is CCOCCN(CCCCc1ccc2c(n1)NCCC2)CCC(NC(C)=O)C(=O)O.